The van der Waals surface area contributed by atoms with Crippen molar-refractivity contribution in [1.82, 2.24) is 20.5 Å². The summed E-state index contributed by atoms with van der Waals surface area (Å²) in [6.07, 6.45) is 0.765. The summed E-state index contributed by atoms with van der Waals surface area (Å²) < 4.78 is 30.9. The fraction of sp³-hybridized carbons (Fsp3) is 0.429. The van der Waals surface area contributed by atoms with Crippen LogP contribution in [-0.2, 0) is 14.8 Å². The number of rotatable bonds is 7. The van der Waals surface area contributed by atoms with Crippen LogP contribution in [0.25, 0.3) is 0 Å². The summed E-state index contributed by atoms with van der Waals surface area (Å²) in [5.74, 6) is -0.521. The van der Waals surface area contributed by atoms with Gasteiger partial charge in [0.25, 0.3) is 5.91 Å². The van der Waals surface area contributed by atoms with Crippen LogP contribution in [0, 0.1) is 0 Å². The molecule has 1 amide bonds. The molecule has 1 rings (SSSR count). The van der Waals surface area contributed by atoms with Crippen molar-refractivity contribution in [2.24, 2.45) is 0 Å². The Morgan fingerprint density at radius 3 is 2.68 bits per heavy atom. The molecule has 0 aliphatic heterocycles. The van der Waals surface area contributed by atoms with E-state index < -0.39 is 15.9 Å². The van der Waals surface area contributed by atoms with Crippen molar-refractivity contribution in [3.8, 4) is 0 Å². The summed E-state index contributed by atoms with van der Waals surface area (Å²) in [6.45, 7) is 1.19. The van der Waals surface area contributed by atoms with Crippen LogP contribution >= 0.6 is 23.8 Å². The fourth-order valence-corrected chi connectivity index (χ4v) is 3.16. The zero-order valence-corrected chi connectivity index (χ0v) is 16.5. The first kappa shape index (κ1) is 21.6. The molecule has 25 heavy (non-hydrogen) atoms. The molecule has 0 saturated heterocycles. The molecule has 140 valence electrons. The molecule has 3 N–H and O–H groups in total. The molecular weight excluding hydrogens is 388 g/mol. The Balaban J connectivity index is 2.77. The normalized spacial score (nSPS) is 11.0. The SMILES string of the molecule is CNS(=O)(=O)c1cc(C(=O)NN(C)C(=S)NCCCOC)ccc1Cl. The summed E-state index contributed by atoms with van der Waals surface area (Å²) in [6, 6.07) is 3.98. The van der Waals surface area contributed by atoms with Crippen LogP contribution < -0.4 is 15.5 Å². The minimum Gasteiger partial charge on any atom is -0.385 e. The first-order valence-corrected chi connectivity index (χ1v) is 9.54. The van der Waals surface area contributed by atoms with E-state index in [1.807, 2.05) is 0 Å². The molecule has 0 aliphatic rings. The van der Waals surface area contributed by atoms with E-state index in [0.717, 1.165) is 6.42 Å². The molecule has 1 aromatic rings. The summed E-state index contributed by atoms with van der Waals surface area (Å²) in [4.78, 5) is 12.1. The highest BCUT2D eigenvalue weighted by Crippen LogP contribution is 2.22. The van der Waals surface area contributed by atoms with Crippen LogP contribution in [0.5, 0.6) is 0 Å². The lowest BCUT2D eigenvalue weighted by Gasteiger charge is -2.22. The number of carbonyl (C=O) groups is 1. The second kappa shape index (κ2) is 9.88. The van der Waals surface area contributed by atoms with Crippen LogP contribution in [0.3, 0.4) is 0 Å². The van der Waals surface area contributed by atoms with E-state index in [2.05, 4.69) is 15.5 Å². The van der Waals surface area contributed by atoms with E-state index in [1.54, 1.807) is 14.2 Å². The van der Waals surface area contributed by atoms with Gasteiger partial charge in [-0.2, -0.15) is 0 Å². The number of hydrogen-bond donors (Lipinski definition) is 3. The average Bonchev–Trinajstić information content (AvgIpc) is 2.58. The number of ether oxygens (including phenoxy) is 1. The summed E-state index contributed by atoms with van der Waals surface area (Å²) in [5.41, 5.74) is 2.69. The van der Waals surface area contributed by atoms with Gasteiger partial charge in [-0.3, -0.25) is 15.2 Å². The molecule has 0 unspecified atom stereocenters. The highest BCUT2D eigenvalue weighted by Gasteiger charge is 2.19. The first-order chi connectivity index (χ1) is 11.7. The van der Waals surface area contributed by atoms with Gasteiger partial charge in [-0.25, -0.2) is 13.1 Å². The van der Waals surface area contributed by atoms with Gasteiger partial charge >= 0.3 is 0 Å². The minimum absolute atomic E-state index is 0.0228. The maximum absolute atomic E-state index is 12.3. The zero-order chi connectivity index (χ0) is 19.0. The molecule has 0 saturated carbocycles. The number of hydrogen-bond acceptors (Lipinski definition) is 5. The summed E-state index contributed by atoms with van der Waals surface area (Å²) in [7, 11) is 0.676. The molecule has 8 nitrogen and oxygen atoms in total. The quantitative estimate of drug-likeness (QED) is 0.347. The van der Waals surface area contributed by atoms with Crippen LogP contribution in [0.2, 0.25) is 5.02 Å². The molecule has 0 spiro atoms. The maximum Gasteiger partial charge on any atom is 0.269 e. The van der Waals surface area contributed by atoms with Gasteiger partial charge in [-0.15, -0.1) is 0 Å². The highest BCUT2D eigenvalue weighted by molar-refractivity contribution is 7.89. The van der Waals surface area contributed by atoms with Crippen LogP contribution in [0.1, 0.15) is 16.8 Å². The molecule has 0 bridgehead atoms. The smallest absolute Gasteiger partial charge is 0.269 e. The predicted molar refractivity (Wildman–Crippen MR) is 100 cm³/mol. The molecule has 0 fully saturated rings. The summed E-state index contributed by atoms with van der Waals surface area (Å²) >= 11 is 11.1. The zero-order valence-electron chi connectivity index (χ0n) is 14.1. The van der Waals surface area contributed by atoms with E-state index in [1.165, 1.54) is 30.3 Å². The lowest BCUT2D eigenvalue weighted by Crippen LogP contribution is -2.48. The number of carbonyl (C=O) groups excluding carboxylic acids is 1. The van der Waals surface area contributed by atoms with Crippen LogP contribution in [-0.4, -0.2) is 58.8 Å². The third-order valence-corrected chi connectivity index (χ3v) is 5.44. The molecule has 0 radical (unpaired) electrons. The van der Waals surface area contributed by atoms with Crippen molar-refractivity contribution in [1.29, 1.82) is 0 Å². The average molecular weight is 409 g/mol. The molecule has 1 aromatic carbocycles. The molecule has 0 heterocycles. The van der Waals surface area contributed by atoms with E-state index in [-0.39, 0.29) is 15.5 Å². The van der Waals surface area contributed by atoms with Crippen molar-refractivity contribution in [3.05, 3.63) is 28.8 Å². The molecule has 0 aromatic heterocycles. The standard InChI is InChI=1S/C14H21ClN4O4S2/c1-16-25(21,22)12-9-10(5-6-11(12)15)13(20)18-19(2)14(24)17-7-4-8-23-3/h5-6,9,16H,4,7-8H2,1-3H3,(H,17,24)(H,18,20). The Hall–Kier alpha value is -1.46. The van der Waals surface area contributed by atoms with Gasteiger partial charge in [0.05, 0.1) is 5.02 Å². The van der Waals surface area contributed by atoms with E-state index in [4.69, 9.17) is 28.6 Å². The van der Waals surface area contributed by atoms with Gasteiger partial charge < -0.3 is 10.1 Å². The number of nitrogens with zero attached hydrogens (tertiary/aromatic N) is 1. The Labute approximate surface area is 157 Å². The van der Waals surface area contributed by atoms with Gasteiger partial charge in [0.2, 0.25) is 10.0 Å². The van der Waals surface area contributed by atoms with E-state index in [0.29, 0.717) is 18.3 Å². The molecular formula is C14H21ClN4O4S2. The Bertz CT molecular complexity index is 728. The van der Waals surface area contributed by atoms with Crippen molar-refractivity contribution in [3.63, 3.8) is 0 Å². The number of halogens is 1. The molecule has 11 heteroatoms. The second-order valence-corrected chi connectivity index (χ2v) is 7.58. The number of amides is 1. The number of methoxy groups -OCH3 is 1. The van der Waals surface area contributed by atoms with Gasteiger partial charge in [0, 0.05) is 32.9 Å². The Morgan fingerprint density at radius 2 is 2.08 bits per heavy atom. The Morgan fingerprint density at radius 1 is 1.40 bits per heavy atom. The Kier molecular flexibility index (Phi) is 8.53. The van der Waals surface area contributed by atoms with E-state index >= 15 is 0 Å². The van der Waals surface area contributed by atoms with Crippen molar-refractivity contribution < 1.29 is 17.9 Å². The lowest BCUT2D eigenvalue weighted by atomic mass is 10.2. The third kappa shape index (κ3) is 6.40. The number of hydrazine groups is 1. The maximum atomic E-state index is 12.3. The number of benzene rings is 1. The van der Waals surface area contributed by atoms with Crippen LogP contribution in [0.4, 0.5) is 0 Å². The topological polar surface area (TPSA) is 99.8 Å². The monoisotopic (exact) mass is 408 g/mol. The second-order valence-electron chi connectivity index (χ2n) is 4.93. The highest BCUT2D eigenvalue weighted by atomic mass is 35.5. The van der Waals surface area contributed by atoms with Crippen molar-refractivity contribution in [2.75, 3.05) is 34.4 Å². The van der Waals surface area contributed by atoms with Crippen LogP contribution in [0.15, 0.2) is 23.1 Å². The number of thiocarbonyl (C=S) groups is 1. The number of nitrogens with one attached hydrogen (secondary N) is 3. The van der Waals surface area contributed by atoms with Gasteiger partial charge in [-0.05, 0) is 43.9 Å². The largest absolute Gasteiger partial charge is 0.385 e. The third-order valence-electron chi connectivity index (χ3n) is 3.13. The van der Waals surface area contributed by atoms with Gasteiger partial charge in [0.15, 0.2) is 5.11 Å². The van der Waals surface area contributed by atoms with Gasteiger partial charge in [0.1, 0.15) is 4.90 Å². The summed E-state index contributed by atoms with van der Waals surface area (Å²) in [5, 5.41) is 4.65. The molecule has 0 atom stereocenters. The first-order valence-electron chi connectivity index (χ1n) is 7.27. The lowest BCUT2D eigenvalue weighted by molar-refractivity contribution is 0.0886. The van der Waals surface area contributed by atoms with Crippen molar-refractivity contribution >= 4 is 44.9 Å². The predicted octanol–water partition coefficient (Wildman–Crippen LogP) is 0.736. The van der Waals surface area contributed by atoms with E-state index in [9.17, 15) is 13.2 Å². The van der Waals surface area contributed by atoms with Gasteiger partial charge in [-0.1, -0.05) is 11.6 Å². The molecule has 0 aliphatic carbocycles. The number of sulfonamides is 1. The fourth-order valence-electron chi connectivity index (χ4n) is 1.76. The van der Waals surface area contributed by atoms with Crippen molar-refractivity contribution in [2.45, 2.75) is 11.3 Å². The minimum atomic E-state index is -3.77.